The van der Waals surface area contributed by atoms with Crippen molar-refractivity contribution in [3.8, 4) is 0 Å². The molecule has 2 nitrogen and oxygen atoms in total. The maximum atomic E-state index is 11.4. The Morgan fingerprint density at radius 1 is 1.27 bits per heavy atom. The molecule has 0 aromatic heterocycles. The van der Waals surface area contributed by atoms with Crippen LogP contribution in [0.25, 0.3) is 0 Å². The number of hydrogen-bond donors (Lipinski definition) is 1. The summed E-state index contributed by atoms with van der Waals surface area (Å²) in [6.07, 6.45) is 5.21. The minimum Gasteiger partial charge on any atom is -0.355 e. The Balaban J connectivity index is 3.41. The molecule has 0 fully saturated rings. The summed E-state index contributed by atoms with van der Waals surface area (Å²) < 4.78 is 0. The summed E-state index contributed by atoms with van der Waals surface area (Å²) in [5, 5.41) is 2.92. The number of hydrogen-bond acceptors (Lipinski definition) is 1. The first kappa shape index (κ1) is 14.8. The second-order valence-corrected chi connectivity index (χ2v) is 4.94. The third-order valence-electron chi connectivity index (χ3n) is 2.48. The summed E-state index contributed by atoms with van der Waals surface area (Å²) in [6.45, 7) is 6.88. The quantitative estimate of drug-likeness (QED) is 0.506. The molecule has 0 aromatic rings. The molecule has 0 aliphatic carbocycles. The highest BCUT2D eigenvalue weighted by Gasteiger charge is 2.10. The molecule has 0 bridgehead atoms. The molecule has 0 spiro atoms. The smallest absolute Gasteiger partial charge is 0.220 e. The normalized spacial score (nSPS) is 12.9. The Labute approximate surface area is 98.8 Å². The van der Waals surface area contributed by atoms with Gasteiger partial charge < -0.3 is 5.32 Å². The van der Waals surface area contributed by atoms with Gasteiger partial charge in [-0.25, -0.2) is 0 Å². The van der Waals surface area contributed by atoms with Crippen molar-refractivity contribution in [2.24, 2.45) is 5.92 Å². The highest BCUT2D eigenvalue weighted by molar-refractivity contribution is 6.21. The van der Waals surface area contributed by atoms with Crippen LogP contribution in [0.15, 0.2) is 0 Å². The number of alkyl halides is 1. The molecule has 15 heavy (non-hydrogen) atoms. The van der Waals surface area contributed by atoms with Gasteiger partial charge in [0.1, 0.15) is 0 Å². The van der Waals surface area contributed by atoms with Crippen molar-refractivity contribution in [2.75, 3.05) is 6.54 Å². The van der Waals surface area contributed by atoms with Crippen LogP contribution in [0.1, 0.15) is 52.9 Å². The van der Waals surface area contributed by atoms with Crippen LogP contribution in [0.3, 0.4) is 0 Å². The first-order valence-corrected chi connectivity index (χ1v) is 6.42. The number of carbonyl (C=O) groups excluding carboxylic acids is 1. The highest BCUT2D eigenvalue weighted by Crippen LogP contribution is 2.08. The molecule has 0 rings (SSSR count). The van der Waals surface area contributed by atoms with E-state index in [1.807, 2.05) is 0 Å². The monoisotopic (exact) mass is 233 g/mol. The number of rotatable bonds is 8. The lowest BCUT2D eigenvalue weighted by atomic mass is 10.1. The maximum absolute atomic E-state index is 11.4. The molecule has 0 heterocycles. The van der Waals surface area contributed by atoms with Crippen molar-refractivity contribution >= 4 is 17.5 Å². The number of nitrogens with one attached hydrogen (secondary N) is 1. The van der Waals surface area contributed by atoms with Gasteiger partial charge in [0.2, 0.25) is 5.91 Å². The topological polar surface area (TPSA) is 29.1 Å². The van der Waals surface area contributed by atoms with Gasteiger partial charge in [0.15, 0.2) is 0 Å². The van der Waals surface area contributed by atoms with E-state index < -0.39 is 0 Å². The molecule has 0 aliphatic rings. The van der Waals surface area contributed by atoms with E-state index in [2.05, 4.69) is 26.1 Å². The van der Waals surface area contributed by atoms with Crippen LogP contribution >= 0.6 is 11.6 Å². The molecule has 1 unspecified atom stereocenters. The number of halogens is 1. The molecule has 0 aliphatic heterocycles. The average molecular weight is 234 g/mol. The Kier molecular flexibility index (Phi) is 8.88. The van der Waals surface area contributed by atoms with Crippen LogP contribution in [-0.2, 0) is 4.79 Å². The summed E-state index contributed by atoms with van der Waals surface area (Å²) in [5.74, 6) is 0.546. The fourth-order valence-corrected chi connectivity index (χ4v) is 1.32. The molecule has 0 saturated heterocycles. The number of amides is 1. The lowest BCUT2D eigenvalue weighted by molar-refractivity contribution is -0.121. The number of unbranched alkanes of at least 4 members (excludes halogenated alkanes) is 3. The van der Waals surface area contributed by atoms with Gasteiger partial charge in [-0.3, -0.25) is 4.79 Å². The molecule has 90 valence electrons. The predicted molar refractivity (Wildman–Crippen MR) is 66.2 cm³/mol. The van der Waals surface area contributed by atoms with Crippen LogP contribution in [0.5, 0.6) is 0 Å². The van der Waals surface area contributed by atoms with E-state index in [1.165, 1.54) is 12.8 Å². The summed E-state index contributed by atoms with van der Waals surface area (Å²) in [4.78, 5) is 11.4. The van der Waals surface area contributed by atoms with Gasteiger partial charge in [-0.1, -0.05) is 40.0 Å². The summed E-state index contributed by atoms with van der Waals surface area (Å²) in [6, 6.07) is 0. The van der Waals surface area contributed by atoms with Gasteiger partial charge in [-0.05, 0) is 12.3 Å². The largest absolute Gasteiger partial charge is 0.355 e. The Morgan fingerprint density at radius 2 is 1.93 bits per heavy atom. The zero-order chi connectivity index (χ0) is 11.7. The minimum absolute atomic E-state index is 0.0459. The molecule has 3 heteroatoms. The van der Waals surface area contributed by atoms with E-state index in [4.69, 9.17) is 11.6 Å². The van der Waals surface area contributed by atoms with Gasteiger partial charge in [0.25, 0.3) is 0 Å². The molecule has 0 saturated carbocycles. The zero-order valence-electron chi connectivity index (χ0n) is 10.2. The van der Waals surface area contributed by atoms with Crippen molar-refractivity contribution in [2.45, 2.75) is 58.3 Å². The van der Waals surface area contributed by atoms with E-state index in [1.54, 1.807) is 0 Å². The van der Waals surface area contributed by atoms with Crippen LogP contribution in [0, 0.1) is 5.92 Å². The molecular formula is C12H24ClNO. The summed E-state index contributed by atoms with van der Waals surface area (Å²) in [5.41, 5.74) is 0. The third-order valence-corrected chi connectivity index (χ3v) is 3.13. The van der Waals surface area contributed by atoms with E-state index >= 15 is 0 Å². The van der Waals surface area contributed by atoms with Gasteiger partial charge in [0.05, 0.1) is 5.38 Å². The summed E-state index contributed by atoms with van der Waals surface area (Å²) >= 11 is 6.03. The lowest BCUT2D eigenvalue weighted by Crippen LogP contribution is -2.31. The van der Waals surface area contributed by atoms with Crippen molar-refractivity contribution in [1.82, 2.24) is 5.32 Å². The molecule has 1 N–H and O–H groups in total. The van der Waals surface area contributed by atoms with Crippen LogP contribution in [0.4, 0.5) is 0 Å². The van der Waals surface area contributed by atoms with Crippen LogP contribution in [0.2, 0.25) is 0 Å². The second kappa shape index (κ2) is 9.02. The fourth-order valence-electron chi connectivity index (χ4n) is 1.25. The van der Waals surface area contributed by atoms with E-state index in [0.717, 1.165) is 12.8 Å². The van der Waals surface area contributed by atoms with E-state index in [0.29, 0.717) is 18.9 Å². The minimum atomic E-state index is 0.0459. The first-order chi connectivity index (χ1) is 7.07. The Morgan fingerprint density at radius 3 is 2.47 bits per heavy atom. The average Bonchev–Trinajstić information content (AvgIpc) is 2.20. The van der Waals surface area contributed by atoms with Crippen molar-refractivity contribution < 1.29 is 4.79 Å². The van der Waals surface area contributed by atoms with Crippen molar-refractivity contribution in [1.29, 1.82) is 0 Å². The standard InChI is InChI=1S/C12H24ClNO/c1-4-5-6-7-8-12(15)14-9-11(13)10(2)3/h10-11H,4-9H2,1-3H3,(H,14,15). The lowest BCUT2D eigenvalue weighted by Gasteiger charge is -2.13. The fraction of sp³-hybridized carbons (Fsp3) is 0.917. The van der Waals surface area contributed by atoms with E-state index in [-0.39, 0.29) is 11.3 Å². The zero-order valence-corrected chi connectivity index (χ0v) is 10.9. The molecular weight excluding hydrogens is 210 g/mol. The Bertz CT molecular complexity index is 171. The third kappa shape index (κ3) is 8.73. The molecule has 0 aromatic carbocycles. The second-order valence-electron chi connectivity index (χ2n) is 4.37. The van der Waals surface area contributed by atoms with Gasteiger partial charge in [-0.2, -0.15) is 0 Å². The maximum Gasteiger partial charge on any atom is 0.220 e. The van der Waals surface area contributed by atoms with Crippen LogP contribution in [-0.4, -0.2) is 17.8 Å². The SMILES string of the molecule is CCCCCCC(=O)NCC(Cl)C(C)C. The van der Waals surface area contributed by atoms with E-state index in [9.17, 15) is 4.79 Å². The number of carbonyl (C=O) groups is 1. The van der Waals surface area contributed by atoms with Gasteiger partial charge in [-0.15, -0.1) is 11.6 Å². The van der Waals surface area contributed by atoms with Gasteiger partial charge >= 0.3 is 0 Å². The van der Waals surface area contributed by atoms with Crippen LogP contribution < -0.4 is 5.32 Å². The molecule has 1 atom stereocenters. The Hall–Kier alpha value is -0.240. The summed E-state index contributed by atoms with van der Waals surface area (Å²) in [7, 11) is 0. The van der Waals surface area contributed by atoms with Gasteiger partial charge in [0, 0.05) is 13.0 Å². The highest BCUT2D eigenvalue weighted by atomic mass is 35.5. The molecule has 0 radical (unpaired) electrons. The predicted octanol–water partition coefficient (Wildman–Crippen LogP) is 3.34. The van der Waals surface area contributed by atoms with Crippen molar-refractivity contribution in [3.05, 3.63) is 0 Å². The van der Waals surface area contributed by atoms with Crippen molar-refractivity contribution in [3.63, 3.8) is 0 Å². The first-order valence-electron chi connectivity index (χ1n) is 5.98. The molecule has 1 amide bonds.